The molecule has 0 aromatic heterocycles. The van der Waals surface area contributed by atoms with E-state index in [0.29, 0.717) is 31.0 Å². The van der Waals surface area contributed by atoms with Gasteiger partial charge in [0.25, 0.3) is 0 Å². The number of hydrogen-bond donors (Lipinski definition) is 2. The van der Waals surface area contributed by atoms with Crippen LogP contribution in [0, 0.1) is 11.8 Å². The molecule has 0 bridgehead atoms. The highest BCUT2D eigenvalue weighted by Crippen LogP contribution is 2.46. The number of likely N-dealkylation sites (tertiary alicyclic amines) is 1. The Morgan fingerprint density at radius 3 is 2.63 bits per heavy atom. The molecule has 1 saturated heterocycles. The first kappa shape index (κ1) is 28.4. The molecule has 2 N–H and O–H groups in total. The topological polar surface area (TPSA) is 78.9 Å². The summed E-state index contributed by atoms with van der Waals surface area (Å²) in [5.41, 5.74) is 2.58. The minimum atomic E-state index is -1.23. The number of methoxy groups -OCH3 is 1. The number of halogens is 1. The van der Waals surface area contributed by atoms with Crippen molar-refractivity contribution in [1.29, 1.82) is 0 Å². The molecular weight excluding hydrogens is 500 g/mol. The molecule has 0 radical (unpaired) electrons. The molecule has 2 aliphatic rings. The van der Waals surface area contributed by atoms with Gasteiger partial charge < -0.3 is 20.1 Å². The maximum atomic E-state index is 13.4. The van der Waals surface area contributed by atoms with Crippen molar-refractivity contribution < 1.29 is 19.4 Å². The van der Waals surface area contributed by atoms with Gasteiger partial charge in [-0.3, -0.25) is 4.79 Å². The Labute approximate surface area is 231 Å². The number of nitrogens with zero attached hydrogens (tertiary/aromatic N) is 1. The first-order chi connectivity index (χ1) is 18.4. The SMILES string of the molecule is CCc1cccc(-c2c(Cl)cccc2[C@](O)(CCCNC(=O)OC)[C@@H]2CCCN(C(=O)C3CCCC3)C2)c1. The van der Waals surface area contributed by atoms with Crippen LogP contribution in [0.4, 0.5) is 4.79 Å². The molecule has 2 aromatic carbocycles. The lowest BCUT2D eigenvalue weighted by atomic mass is 9.72. The van der Waals surface area contributed by atoms with E-state index in [4.69, 9.17) is 16.3 Å². The molecular formula is C31H41ClN2O4. The van der Waals surface area contributed by atoms with Crippen LogP contribution in [0.25, 0.3) is 11.1 Å². The van der Waals surface area contributed by atoms with E-state index in [1.54, 1.807) is 0 Å². The van der Waals surface area contributed by atoms with Crippen LogP contribution in [-0.4, -0.2) is 48.8 Å². The average Bonchev–Trinajstić information content (AvgIpc) is 3.50. The molecule has 2 fully saturated rings. The fraction of sp³-hybridized carbons (Fsp3) is 0.548. The molecule has 0 unspecified atom stereocenters. The minimum Gasteiger partial charge on any atom is -0.453 e. The monoisotopic (exact) mass is 540 g/mol. The molecule has 4 rings (SSSR count). The standard InChI is InChI=1S/C31H41ClN2O4/c1-3-22-10-6-13-24(20-22)28-26(15-7-16-27(28)32)31(37,17-9-18-33-30(36)38-2)25-14-8-19-34(21-25)29(35)23-11-4-5-12-23/h6-7,10,13,15-16,20,23,25,37H,3-5,8-9,11-12,14,17-19,21H2,1-2H3,(H,33,36)/t25-,31+/m1/s1. The summed E-state index contributed by atoms with van der Waals surface area (Å²) in [6.07, 6.45) is 7.24. The molecule has 2 atom stereocenters. The van der Waals surface area contributed by atoms with E-state index in [1.165, 1.54) is 12.7 Å². The van der Waals surface area contributed by atoms with Gasteiger partial charge in [0.1, 0.15) is 0 Å². The quantitative estimate of drug-likeness (QED) is 0.365. The summed E-state index contributed by atoms with van der Waals surface area (Å²) in [7, 11) is 1.34. The summed E-state index contributed by atoms with van der Waals surface area (Å²) >= 11 is 6.84. The van der Waals surface area contributed by atoms with Gasteiger partial charge in [-0.1, -0.05) is 67.8 Å². The van der Waals surface area contributed by atoms with E-state index < -0.39 is 11.7 Å². The van der Waals surface area contributed by atoms with Gasteiger partial charge in [-0.2, -0.15) is 0 Å². The number of hydrogen-bond acceptors (Lipinski definition) is 4. The van der Waals surface area contributed by atoms with Crippen LogP contribution in [-0.2, 0) is 21.6 Å². The highest BCUT2D eigenvalue weighted by Gasteiger charge is 2.43. The van der Waals surface area contributed by atoms with Gasteiger partial charge in [0.2, 0.25) is 5.91 Å². The summed E-state index contributed by atoms with van der Waals surface area (Å²) in [6.45, 7) is 3.77. The molecule has 2 aromatic rings. The van der Waals surface area contributed by atoms with Crippen molar-refractivity contribution in [2.45, 2.75) is 70.3 Å². The zero-order chi connectivity index (χ0) is 27.1. The predicted molar refractivity (Wildman–Crippen MR) is 151 cm³/mol. The molecule has 0 spiro atoms. The largest absolute Gasteiger partial charge is 0.453 e. The van der Waals surface area contributed by atoms with Crippen molar-refractivity contribution in [2.75, 3.05) is 26.7 Å². The van der Waals surface area contributed by atoms with Gasteiger partial charge in [0, 0.05) is 42.1 Å². The summed E-state index contributed by atoms with van der Waals surface area (Å²) in [4.78, 5) is 27.0. The van der Waals surface area contributed by atoms with Crippen molar-refractivity contribution in [3.05, 3.63) is 58.6 Å². The first-order valence-electron chi connectivity index (χ1n) is 14.1. The van der Waals surface area contributed by atoms with E-state index in [0.717, 1.165) is 68.2 Å². The minimum absolute atomic E-state index is 0.115. The number of carbonyl (C=O) groups is 2. The second-order valence-corrected chi connectivity index (χ2v) is 11.2. The smallest absolute Gasteiger partial charge is 0.406 e. The van der Waals surface area contributed by atoms with E-state index in [-0.39, 0.29) is 17.7 Å². The molecule has 1 aliphatic carbocycles. The summed E-state index contributed by atoms with van der Waals surface area (Å²) in [5, 5.41) is 16.0. The number of benzene rings is 2. The zero-order valence-electron chi connectivity index (χ0n) is 22.7. The third-order valence-corrected chi connectivity index (χ3v) is 8.72. The van der Waals surface area contributed by atoms with Crippen LogP contribution in [0.2, 0.25) is 5.02 Å². The predicted octanol–water partition coefficient (Wildman–Crippen LogP) is 6.32. The number of ether oxygens (including phenoxy) is 1. The molecule has 206 valence electrons. The molecule has 2 amide bonds. The maximum absolute atomic E-state index is 13.4. The normalized spacial score (nSPS) is 19.7. The van der Waals surface area contributed by atoms with Crippen molar-refractivity contribution in [3.8, 4) is 11.1 Å². The third kappa shape index (κ3) is 6.35. The van der Waals surface area contributed by atoms with Gasteiger partial charge in [0.15, 0.2) is 0 Å². The van der Waals surface area contributed by atoms with Crippen molar-refractivity contribution >= 4 is 23.6 Å². The fourth-order valence-corrected chi connectivity index (χ4v) is 6.59. The summed E-state index contributed by atoms with van der Waals surface area (Å²) in [6, 6.07) is 14.1. The Bertz CT molecular complexity index is 1120. The Kier molecular flexibility index (Phi) is 9.72. The Hall–Kier alpha value is -2.57. The fourth-order valence-electron chi connectivity index (χ4n) is 6.30. The van der Waals surface area contributed by atoms with E-state index >= 15 is 0 Å². The lowest BCUT2D eigenvalue weighted by Crippen LogP contribution is -2.49. The number of alkyl carbamates (subject to hydrolysis) is 1. The van der Waals surface area contributed by atoms with Gasteiger partial charge in [0.05, 0.1) is 12.7 Å². The van der Waals surface area contributed by atoms with Crippen LogP contribution >= 0.6 is 11.6 Å². The number of carbonyl (C=O) groups excluding carboxylic acids is 2. The number of rotatable bonds is 9. The summed E-state index contributed by atoms with van der Waals surface area (Å²) in [5.74, 6) is 0.208. The van der Waals surface area contributed by atoms with Crippen molar-refractivity contribution in [3.63, 3.8) is 0 Å². The maximum Gasteiger partial charge on any atom is 0.406 e. The lowest BCUT2D eigenvalue weighted by Gasteiger charge is -2.44. The molecule has 7 heteroatoms. The number of aryl methyl sites for hydroxylation is 1. The number of amides is 2. The van der Waals surface area contributed by atoms with E-state index in [1.807, 2.05) is 35.2 Å². The van der Waals surface area contributed by atoms with Crippen molar-refractivity contribution in [2.24, 2.45) is 11.8 Å². The van der Waals surface area contributed by atoms with Crippen LogP contribution in [0.5, 0.6) is 0 Å². The Morgan fingerprint density at radius 2 is 1.89 bits per heavy atom. The van der Waals surface area contributed by atoms with Crippen LogP contribution in [0.1, 0.15) is 69.4 Å². The van der Waals surface area contributed by atoms with Crippen LogP contribution < -0.4 is 5.32 Å². The van der Waals surface area contributed by atoms with Gasteiger partial charge in [-0.25, -0.2) is 4.79 Å². The Morgan fingerprint density at radius 1 is 1.13 bits per heavy atom. The molecule has 1 heterocycles. The zero-order valence-corrected chi connectivity index (χ0v) is 23.4. The highest BCUT2D eigenvalue weighted by molar-refractivity contribution is 6.33. The van der Waals surface area contributed by atoms with Crippen LogP contribution in [0.15, 0.2) is 42.5 Å². The average molecular weight is 541 g/mol. The van der Waals surface area contributed by atoms with Gasteiger partial charge in [-0.05, 0) is 67.7 Å². The second kappa shape index (κ2) is 13.0. The summed E-state index contributed by atoms with van der Waals surface area (Å²) < 4.78 is 4.71. The van der Waals surface area contributed by atoms with Crippen molar-refractivity contribution in [1.82, 2.24) is 10.2 Å². The number of aliphatic hydroxyl groups is 1. The Balaban J connectivity index is 1.69. The second-order valence-electron chi connectivity index (χ2n) is 10.8. The lowest BCUT2D eigenvalue weighted by molar-refractivity contribution is -0.140. The first-order valence-corrected chi connectivity index (χ1v) is 14.5. The third-order valence-electron chi connectivity index (χ3n) is 8.41. The van der Waals surface area contributed by atoms with E-state index in [2.05, 4.69) is 24.4 Å². The number of nitrogens with one attached hydrogen (secondary N) is 1. The molecule has 1 saturated carbocycles. The van der Waals surface area contributed by atoms with Crippen LogP contribution in [0.3, 0.4) is 0 Å². The molecule has 1 aliphatic heterocycles. The number of piperidine rings is 1. The van der Waals surface area contributed by atoms with E-state index in [9.17, 15) is 14.7 Å². The molecule has 6 nitrogen and oxygen atoms in total. The van der Waals surface area contributed by atoms with Gasteiger partial charge in [-0.15, -0.1) is 0 Å². The van der Waals surface area contributed by atoms with Gasteiger partial charge >= 0.3 is 6.09 Å². The highest BCUT2D eigenvalue weighted by atomic mass is 35.5. The molecule has 38 heavy (non-hydrogen) atoms.